The van der Waals surface area contributed by atoms with Crippen molar-refractivity contribution in [1.29, 1.82) is 0 Å². The molecule has 1 saturated heterocycles. The summed E-state index contributed by atoms with van der Waals surface area (Å²) in [7, 11) is 3.89. The number of amides is 1. The average molecular weight is 310 g/mol. The van der Waals surface area contributed by atoms with E-state index in [-0.39, 0.29) is 11.8 Å². The lowest BCUT2D eigenvalue weighted by Gasteiger charge is -2.25. The molecule has 3 heterocycles. The van der Waals surface area contributed by atoms with Crippen molar-refractivity contribution in [3.05, 3.63) is 23.8 Å². The second-order valence-corrected chi connectivity index (χ2v) is 5.69. The van der Waals surface area contributed by atoms with Crippen LogP contribution in [0.5, 0.6) is 0 Å². The first kappa shape index (κ1) is 11.8. The summed E-state index contributed by atoms with van der Waals surface area (Å²) in [4.78, 5) is 22.2. The van der Waals surface area contributed by atoms with E-state index in [0.29, 0.717) is 10.9 Å². The van der Waals surface area contributed by atoms with Gasteiger partial charge in [0.25, 0.3) is 4.74 Å². The summed E-state index contributed by atoms with van der Waals surface area (Å²) in [5.41, 5.74) is 2.03. The molecule has 0 radical (unpaired) electrons. The molecule has 2 atom stereocenters. The van der Waals surface area contributed by atoms with Gasteiger partial charge in [-0.05, 0) is 0 Å². The largest absolute Gasteiger partial charge is 0.345 e. The summed E-state index contributed by atoms with van der Waals surface area (Å²) in [6.07, 6.45) is 6.14. The fourth-order valence-electron chi connectivity index (χ4n) is 2.56. The highest BCUT2D eigenvalue weighted by atomic mass is 79.9. The Morgan fingerprint density at radius 1 is 1.56 bits per heavy atom. The molecule has 5 nitrogen and oxygen atoms in total. The number of nitrogens with zero attached hydrogens (tertiary/aromatic N) is 4. The lowest BCUT2D eigenvalue weighted by atomic mass is 10.0. The number of hydrogen-bond acceptors (Lipinski definition) is 3. The van der Waals surface area contributed by atoms with Crippen LogP contribution in [0.15, 0.2) is 33.8 Å². The molecule has 3 aliphatic heterocycles. The smallest absolute Gasteiger partial charge is 0.281 e. The zero-order valence-electron chi connectivity index (χ0n) is 10.3. The summed E-state index contributed by atoms with van der Waals surface area (Å²) >= 11 is 3.52. The summed E-state index contributed by atoms with van der Waals surface area (Å²) in [6.45, 7) is 0.735. The first-order valence-corrected chi connectivity index (χ1v) is 6.62. The Morgan fingerprint density at radius 2 is 2.33 bits per heavy atom. The van der Waals surface area contributed by atoms with Gasteiger partial charge in [-0.15, -0.1) is 0 Å². The number of fused-ring (bicyclic) bond motifs is 1. The van der Waals surface area contributed by atoms with Gasteiger partial charge >= 0.3 is 0 Å². The quantitative estimate of drug-likeness (QED) is 0.534. The Bertz CT molecular complexity index is 548. The van der Waals surface area contributed by atoms with Crippen molar-refractivity contribution < 1.29 is 9.28 Å². The molecule has 0 aromatic carbocycles. The van der Waals surface area contributed by atoms with E-state index in [1.165, 1.54) is 0 Å². The van der Waals surface area contributed by atoms with Crippen LogP contribution in [0.2, 0.25) is 0 Å². The Hall–Kier alpha value is -1.27. The van der Waals surface area contributed by atoms with E-state index in [4.69, 9.17) is 0 Å². The van der Waals surface area contributed by atoms with Crippen LogP contribution in [-0.4, -0.2) is 46.9 Å². The van der Waals surface area contributed by atoms with Gasteiger partial charge in [0.05, 0.1) is 19.5 Å². The molecule has 1 fully saturated rings. The molecule has 1 amide bonds. The van der Waals surface area contributed by atoms with Crippen molar-refractivity contribution in [2.45, 2.75) is 6.42 Å². The van der Waals surface area contributed by atoms with Crippen molar-refractivity contribution in [3.63, 3.8) is 0 Å². The summed E-state index contributed by atoms with van der Waals surface area (Å²) in [5.74, 6) is 0.353. The van der Waals surface area contributed by atoms with E-state index in [2.05, 4.69) is 33.0 Å². The minimum atomic E-state index is 0.169. The van der Waals surface area contributed by atoms with Crippen molar-refractivity contribution in [3.8, 4) is 0 Å². The van der Waals surface area contributed by atoms with E-state index in [0.717, 1.165) is 22.7 Å². The molecule has 3 rings (SSSR count). The molecular weight excluding hydrogens is 296 g/mol. The monoisotopic (exact) mass is 309 g/mol. The third-order valence-electron chi connectivity index (χ3n) is 3.73. The molecule has 0 N–H and O–H groups in total. The lowest BCUT2D eigenvalue weighted by molar-refractivity contribution is -0.709. The van der Waals surface area contributed by atoms with Crippen LogP contribution in [0.25, 0.3) is 0 Å². The number of likely N-dealkylation sites (tertiary alicyclic amines) is 1. The van der Waals surface area contributed by atoms with Crippen molar-refractivity contribution in [2.75, 3.05) is 20.6 Å². The SMILES string of the molecule is CN1CC(C2=C3C=NC=C[N+]3(C)C(Br)=N2)CC1=O. The van der Waals surface area contributed by atoms with Crippen LogP contribution >= 0.6 is 15.9 Å². The number of quaternary nitrogens is 1. The maximum Gasteiger partial charge on any atom is 0.281 e. The molecule has 0 aromatic heterocycles. The Labute approximate surface area is 114 Å². The molecular formula is C12H14BrN4O+. The van der Waals surface area contributed by atoms with Gasteiger partial charge < -0.3 is 4.90 Å². The fraction of sp³-hybridized carbons (Fsp3) is 0.417. The van der Waals surface area contributed by atoms with Crippen LogP contribution in [0.4, 0.5) is 0 Å². The van der Waals surface area contributed by atoms with Gasteiger partial charge in [0, 0.05) is 41.9 Å². The first-order chi connectivity index (χ1) is 8.52. The molecule has 0 saturated carbocycles. The van der Waals surface area contributed by atoms with Gasteiger partial charge in [-0.2, -0.15) is 4.99 Å². The van der Waals surface area contributed by atoms with E-state index in [1.807, 2.05) is 19.5 Å². The Balaban J connectivity index is 2.02. The maximum absolute atomic E-state index is 11.7. The number of hydrogen-bond donors (Lipinski definition) is 0. The van der Waals surface area contributed by atoms with Crippen molar-refractivity contribution >= 4 is 32.8 Å². The average Bonchev–Trinajstić information content (AvgIpc) is 2.79. The Morgan fingerprint density at radius 3 is 3.00 bits per heavy atom. The van der Waals surface area contributed by atoms with Gasteiger partial charge in [0.1, 0.15) is 11.9 Å². The molecule has 0 bridgehead atoms. The minimum absolute atomic E-state index is 0.169. The zero-order valence-corrected chi connectivity index (χ0v) is 11.9. The minimum Gasteiger partial charge on any atom is -0.345 e. The topological polar surface area (TPSA) is 45.0 Å². The molecule has 0 aliphatic carbocycles. The standard InChI is InChI=1S/C12H14BrN4O/c1-16-7-8(5-10(16)18)11-9-6-14-3-4-17(9,2)12(13)15-11/h3-4,6,8H,5,7H2,1-2H3/q+1. The summed E-state index contributed by atoms with van der Waals surface area (Å²) < 4.78 is 1.35. The van der Waals surface area contributed by atoms with Crippen LogP contribution in [-0.2, 0) is 4.79 Å². The number of amidine groups is 1. The third kappa shape index (κ3) is 1.52. The highest BCUT2D eigenvalue weighted by Gasteiger charge is 2.44. The molecule has 18 heavy (non-hydrogen) atoms. The first-order valence-electron chi connectivity index (χ1n) is 5.83. The fourth-order valence-corrected chi connectivity index (χ4v) is 3.06. The molecule has 0 spiro atoms. The van der Waals surface area contributed by atoms with Crippen LogP contribution in [0, 0.1) is 5.92 Å². The van der Waals surface area contributed by atoms with E-state index in [9.17, 15) is 4.79 Å². The summed E-state index contributed by atoms with van der Waals surface area (Å²) in [5, 5.41) is 0. The van der Waals surface area contributed by atoms with Crippen molar-refractivity contribution in [1.82, 2.24) is 4.90 Å². The normalized spacial score (nSPS) is 34.4. The molecule has 6 heteroatoms. The van der Waals surface area contributed by atoms with E-state index >= 15 is 0 Å². The Kier molecular flexibility index (Phi) is 2.53. The highest BCUT2D eigenvalue weighted by Crippen LogP contribution is 2.38. The second kappa shape index (κ2) is 3.86. The van der Waals surface area contributed by atoms with Crippen LogP contribution < -0.4 is 0 Å². The van der Waals surface area contributed by atoms with Gasteiger partial charge in [-0.1, -0.05) is 0 Å². The molecule has 3 aliphatic rings. The number of halogens is 1. The van der Waals surface area contributed by atoms with Gasteiger partial charge in [-0.25, -0.2) is 4.48 Å². The van der Waals surface area contributed by atoms with E-state index < -0.39 is 0 Å². The number of rotatable bonds is 1. The van der Waals surface area contributed by atoms with E-state index in [1.54, 1.807) is 11.1 Å². The number of allylic oxidation sites excluding steroid dienone is 1. The molecule has 0 aromatic rings. The molecule has 2 unspecified atom stereocenters. The van der Waals surface area contributed by atoms with Crippen LogP contribution in [0.1, 0.15) is 6.42 Å². The third-order valence-corrected chi connectivity index (χ3v) is 4.65. The molecule has 94 valence electrons. The predicted molar refractivity (Wildman–Crippen MR) is 72.9 cm³/mol. The predicted octanol–water partition coefficient (Wildman–Crippen LogP) is 1.44. The van der Waals surface area contributed by atoms with Gasteiger partial charge in [0.15, 0.2) is 5.70 Å². The zero-order chi connectivity index (χ0) is 12.9. The number of aliphatic imine (C=N–C) groups is 2. The van der Waals surface area contributed by atoms with Gasteiger partial charge in [-0.3, -0.25) is 9.79 Å². The van der Waals surface area contributed by atoms with Crippen molar-refractivity contribution in [2.24, 2.45) is 15.9 Å². The van der Waals surface area contributed by atoms with Gasteiger partial charge in [0.2, 0.25) is 5.91 Å². The lowest BCUT2D eigenvalue weighted by Crippen LogP contribution is -2.39. The number of carbonyl (C=O) groups is 1. The second-order valence-electron chi connectivity index (χ2n) is 4.98. The highest BCUT2D eigenvalue weighted by molar-refractivity contribution is 9.18. The number of carbonyl (C=O) groups excluding carboxylic acids is 1. The summed E-state index contributed by atoms with van der Waals surface area (Å²) in [6, 6.07) is 0. The van der Waals surface area contributed by atoms with Crippen LogP contribution in [0.3, 0.4) is 0 Å². The maximum atomic E-state index is 11.7.